The summed E-state index contributed by atoms with van der Waals surface area (Å²) in [7, 11) is -3.54. The van der Waals surface area contributed by atoms with Gasteiger partial charge in [-0.05, 0) is 56.3 Å². The molecule has 1 aliphatic rings. The van der Waals surface area contributed by atoms with Crippen molar-refractivity contribution in [2.45, 2.75) is 44.3 Å². The molecule has 0 saturated heterocycles. The number of hydrogen-bond acceptors (Lipinski definition) is 5. The summed E-state index contributed by atoms with van der Waals surface area (Å²) in [4.78, 5) is 15.0. The zero-order valence-corrected chi connectivity index (χ0v) is 19.5. The summed E-state index contributed by atoms with van der Waals surface area (Å²) in [5.41, 5.74) is 1.62. The fraction of sp³-hybridized carbons (Fsp3) is 0.348. The smallest absolute Gasteiger partial charge is 0.490 e. The number of halogens is 3. The van der Waals surface area contributed by atoms with Crippen LogP contribution < -0.4 is 9.47 Å². The zero-order chi connectivity index (χ0) is 24.8. The number of ether oxygens (including phenoxy) is 2. The fourth-order valence-corrected chi connectivity index (χ4v) is 4.65. The average molecular weight is 497 g/mol. The van der Waals surface area contributed by atoms with Crippen LogP contribution in [0.2, 0.25) is 0 Å². The van der Waals surface area contributed by atoms with E-state index in [1.54, 1.807) is 30.9 Å². The molecule has 0 bridgehead atoms. The van der Waals surface area contributed by atoms with Crippen LogP contribution in [0.15, 0.2) is 47.4 Å². The minimum Gasteiger partial charge on any atom is -0.490 e. The lowest BCUT2D eigenvalue weighted by Gasteiger charge is -2.30. The van der Waals surface area contributed by atoms with Crippen molar-refractivity contribution >= 4 is 26.6 Å². The topological polar surface area (TPSA) is 77.8 Å². The Morgan fingerprint density at radius 2 is 1.79 bits per heavy atom. The minimum absolute atomic E-state index is 0.00951. The van der Waals surface area contributed by atoms with Crippen LogP contribution in [0.4, 0.5) is 13.2 Å². The van der Waals surface area contributed by atoms with Gasteiger partial charge in [0.05, 0.1) is 23.1 Å². The fourth-order valence-electron chi connectivity index (χ4n) is 4.00. The van der Waals surface area contributed by atoms with Crippen LogP contribution in [0.3, 0.4) is 0 Å². The second kappa shape index (κ2) is 8.53. The highest BCUT2D eigenvalue weighted by atomic mass is 32.2. The normalized spacial score (nSPS) is 14.4. The minimum atomic E-state index is -4.79. The lowest BCUT2D eigenvalue weighted by molar-refractivity contribution is -0.274. The Morgan fingerprint density at radius 1 is 1.06 bits per heavy atom. The van der Waals surface area contributed by atoms with Crippen molar-refractivity contribution in [1.82, 2.24) is 9.47 Å². The van der Waals surface area contributed by atoms with Gasteiger partial charge in [0.15, 0.2) is 9.84 Å². The molecule has 7 nitrogen and oxygen atoms in total. The molecular formula is C23H23F3N2O5S. The highest BCUT2D eigenvalue weighted by molar-refractivity contribution is 7.90. The molecule has 2 aromatic carbocycles. The lowest BCUT2D eigenvalue weighted by atomic mass is 10.1. The van der Waals surface area contributed by atoms with Crippen molar-refractivity contribution in [2.24, 2.45) is 0 Å². The molecule has 1 aliphatic heterocycles. The van der Waals surface area contributed by atoms with Crippen molar-refractivity contribution < 1.29 is 35.9 Å². The number of carbonyl (C=O) groups excluding carboxylic acids is 1. The number of amides is 1. The summed E-state index contributed by atoms with van der Waals surface area (Å²) < 4.78 is 73.5. The molecule has 11 heteroatoms. The van der Waals surface area contributed by atoms with Gasteiger partial charge < -0.3 is 18.9 Å². The molecule has 34 heavy (non-hydrogen) atoms. The van der Waals surface area contributed by atoms with E-state index in [0.717, 1.165) is 17.5 Å². The second-order valence-electron chi connectivity index (χ2n) is 8.38. The highest BCUT2D eigenvalue weighted by Crippen LogP contribution is 2.32. The summed E-state index contributed by atoms with van der Waals surface area (Å²) in [6, 6.07) is 10.0. The van der Waals surface area contributed by atoms with Crippen LogP contribution in [-0.4, -0.2) is 49.1 Å². The third-order valence-electron chi connectivity index (χ3n) is 5.40. The Kier molecular flexibility index (Phi) is 6.01. The maximum Gasteiger partial charge on any atom is 0.573 e. The van der Waals surface area contributed by atoms with Gasteiger partial charge in [-0.15, -0.1) is 13.2 Å². The summed E-state index contributed by atoms with van der Waals surface area (Å²) in [6.07, 6.45) is -3.95. The van der Waals surface area contributed by atoms with E-state index in [2.05, 4.69) is 4.74 Å². The Hall–Kier alpha value is -3.21. The Labute approximate surface area is 194 Å². The van der Waals surface area contributed by atoms with Crippen LogP contribution in [0.5, 0.6) is 11.5 Å². The van der Waals surface area contributed by atoms with Gasteiger partial charge in [-0.2, -0.15) is 0 Å². The second-order valence-corrected chi connectivity index (χ2v) is 10.4. The van der Waals surface area contributed by atoms with Crippen LogP contribution >= 0.6 is 0 Å². The molecule has 0 spiro atoms. The standard InChI is InChI=1S/C23H23F3N2O5S/c1-14(2)32-21-7-5-18(34(3,30)31)12-19(21)22(29)27-8-9-28-16(13-27)10-15-11-17(4-6-20(15)28)33-23(24,25)26/h4-7,10-12,14H,8-9,13H2,1-3H3. The van der Waals surface area contributed by atoms with Gasteiger partial charge in [-0.25, -0.2) is 8.42 Å². The van der Waals surface area contributed by atoms with Gasteiger partial charge in [-0.1, -0.05) is 0 Å². The number of rotatable bonds is 5. The van der Waals surface area contributed by atoms with E-state index >= 15 is 0 Å². The molecule has 4 rings (SSSR count). The average Bonchev–Trinajstić information content (AvgIpc) is 3.07. The first-order chi connectivity index (χ1) is 15.8. The third kappa shape index (κ3) is 4.98. The SMILES string of the molecule is CC(C)Oc1ccc(S(C)(=O)=O)cc1C(=O)N1CCn2c(cc3cc(OC(F)(F)F)ccc32)C1. The molecule has 1 aromatic heterocycles. The molecule has 1 amide bonds. The number of carbonyl (C=O) groups is 1. The van der Waals surface area contributed by atoms with Gasteiger partial charge in [0.25, 0.3) is 5.91 Å². The Morgan fingerprint density at radius 3 is 2.44 bits per heavy atom. The number of fused-ring (bicyclic) bond motifs is 3. The lowest BCUT2D eigenvalue weighted by Crippen LogP contribution is -2.38. The number of hydrogen-bond donors (Lipinski definition) is 0. The molecule has 3 aromatic rings. The summed E-state index contributed by atoms with van der Waals surface area (Å²) >= 11 is 0. The number of sulfone groups is 1. The summed E-state index contributed by atoms with van der Waals surface area (Å²) in [6.45, 7) is 4.56. The molecule has 0 radical (unpaired) electrons. The van der Waals surface area contributed by atoms with Crippen LogP contribution in [0.1, 0.15) is 29.9 Å². The number of nitrogens with zero attached hydrogens (tertiary/aromatic N) is 2. The Bertz CT molecular complexity index is 1360. The van der Waals surface area contributed by atoms with E-state index in [9.17, 15) is 26.4 Å². The number of aromatic nitrogens is 1. The molecule has 182 valence electrons. The molecule has 0 N–H and O–H groups in total. The summed E-state index contributed by atoms with van der Waals surface area (Å²) in [5, 5.41) is 0.564. The molecule has 2 heterocycles. The molecule has 0 atom stereocenters. The van der Waals surface area contributed by atoms with E-state index in [-0.39, 0.29) is 34.6 Å². The van der Waals surface area contributed by atoms with Crippen molar-refractivity contribution in [2.75, 3.05) is 12.8 Å². The molecule has 0 aliphatic carbocycles. The largest absolute Gasteiger partial charge is 0.573 e. The first-order valence-corrected chi connectivity index (χ1v) is 12.4. The van der Waals surface area contributed by atoms with E-state index in [4.69, 9.17) is 4.74 Å². The highest BCUT2D eigenvalue weighted by Gasteiger charge is 2.32. The third-order valence-corrected chi connectivity index (χ3v) is 6.51. The quantitative estimate of drug-likeness (QED) is 0.524. The van der Waals surface area contributed by atoms with Crippen molar-refractivity contribution in [3.63, 3.8) is 0 Å². The van der Waals surface area contributed by atoms with E-state index in [0.29, 0.717) is 18.5 Å². The first-order valence-electron chi connectivity index (χ1n) is 10.5. The number of alkyl halides is 3. The van der Waals surface area contributed by atoms with Gasteiger partial charge in [-0.3, -0.25) is 4.79 Å². The van der Waals surface area contributed by atoms with Gasteiger partial charge in [0.2, 0.25) is 0 Å². The van der Waals surface area contributed by atoms with E-state index in [1.807, 2.05) is 4.57 Å². The molecule has 0 unspecified atom stereocenters. The summed E-state index contributed by atoms with van der Waals surface area (Å²) in [5.74, 6) is -0.421. The molecule has 0 saturated carbocycles. The van der Waals surface area contributed by atoms with Gasteiger partial charge in [0.1, 0.15) is 11.5 Å². The van der Waals surface area contributed by atoms with Crippen LogP contribution in [0.25, 0.3) is 10.9 Å². The van der Waals surface area contributed by atoms with E-state index in [1.165, 1.54) is 30.3 Å². The predicted molar refractivity (Wildman–Crippen MR) is 119 cm³/mol. The predicted octanol–water partition coefficient (Wildman–Crippen LogP) is 4.39. The number of benzene rings is 2. The first kappa shape index (κ1) is 23.9. The van der Waals surface area contributed by atoms with Gasteiger partial charge in [0, 0.05) is 35.9 Å². The van der Waals surface area contributed by atoms with Crippen LogP contribution in [-0.2, 0) is 22.9 Å². The maximum atomic E-state index is 13.4. The molecular weight excluding hydrogens is 473 g/mol. The van der Waals surface area contributed by atoms with Gasteiger partial charge >= 0.3 is 6.36 Å². The van der Waals surface area contributed by atoms with Crippen LogP contribution in [0, 0.1) is 0 Å². The van der Waals surface area contributed by atoms with Crippen molar-refractivity contribution in [1.29, 1.82) is 0 Å². The van der Waals surface area contributed by atoms with Crippen molar-refractivity contribution in [3.8, 4) is 11.5 Å². The zero-order valence-electron chi connectivity index (χ0n) is 18.7. The monoisotopic (exact) mass is 496 g/mol. The molecule has 0 fully saturated rings. The van der Waals surface area contributed by atoms with E-state index < -0.39 is 22.1 Å². The maximum absolute atomic E-state index is 13.4. The Balaban J connectivity index is 1.65. The van der Waals surface area contributed by atoms with Crippen molar-refractivity contribution in [3.05, 3.63) is 53.7 Å².